The lowest BCUT2D eigenvalue weighted by molar-refractivity contribution is 0.0519. The fourth-order valence-corrected chi connectivity index (χ4v) is 2.09. The molecule has 0 radical (unpaired) electrons. The molecule has 0 unspecified atom stereocenters. The number of nitrogens with one attached hydrogen (secondary N) is 3. The van der Waals surface area contributed by atoms with Crippen molar-refractivity contribution in [1.29, 1.82) is 0 Å². The van der Waals surface area contributed by atoms with E-state index in [0.29, 0.717) is 16.8 Å². The molecule has 0 aliphatic carbocycles. The first-order valence-corrected chi connectivity index (χ1v) is 7.33. The summed E-state index contributed by atoms with van der Waals surface area (Å²) in [5.74, 6) is -1.33. The van der Waals surface area contributed by atoms with E-state index >= 15 is 0 Å². The zero-order valence-corrected chi connectivity index (χ0v) is 13.6. The molecule has 3 N–H and O–H groups in total. The lowest BCUT2D eigenvalue weighted by atomic mass is 10.1. The second-order valence-electron chi connectivity index (χ2n) is 4.90. The van der Waals surface area contributed by atoms with Crippen LogP contribution in [0.2, 0.25) is 0 Å². The molecule has 0 fully saturated rings. The third-order valence-electron chi connectivity index (χ3n) is 3.36. The average Bonchev–Trinajstić information content (AvgIpc) is 3.06. The summed E-state index contributed by atoms with van der Waals surface area (Å²) in [4.78, 5) is 35.6. The second-order valence-corrected chi connectivity index (χ2v) is 4.90. The molecule has 0 spiro atoms. The molecule has 0 aliphatic heterocycles. The molecule has 0 saturated carbocycles. The Morgan fingerprint density at radius 2 is 2.00 bits per heavy atom. The maximum atomic E-state index is 12.3. The molecule has 1 aromatic heterocycles. The van der Waals surface area contributed by atoms with Gasteiger partial charge in [0, 0.05) is 24.4 Å². The minimum absolute atomic E-state index is 0.0443. The molecule has 8 heteroatoms. The van der Waals surface area contributed by atoms with Crippen molar-refractivity contribution in [2.75, 3.05) is 19.0 Å². The van der Waals surface area contributed by atoms with Gasteiger partial charge in [0.1, 0.15) is 5.69 Å². The van der Waals surface area contributed by atoms with Crippen molar-refractivity contribution in [2.24, 2.45) is 0 Å². The van der Waals surface area contributed by atoms with Gasteiger partial charge in [0.2, 0.25) is 0 Å². The third kappa shape index (κ3) is 3.60. The number of esters is 1. The molecule has 0 bridgehead atoms. The fraction of sp³-hybridized carbons (Fsp3) is 0.250. The number of hydrogen-bond acceptors (Lipinski definition) is 5. The summed E-state index contributed by atoms with van der Waals surface area (Å²) in [6, 6.07) is 6.32. The Morgan fingerprint density at radius 1 is 1.25 bits per heavy atom. The predicted molar refractivity (Wildman–Crippen MR) is 87.1 cm³/mol. The Bertz CT molecular complexity index is 782. The number of rotatable bonds is 5. The first-order chi connectivity index (χ1) is 11.5. The largest absolute Gasteiger partial charge is 0.461 e. The van der Waals surface area contributed by atoms with Gasteiger partial charge < -0.3 is 15.4 Å². The van der Waals surface area contributed by atoms with E-state index in [1.807, 2.05) is 0 Å². The molecule has 2 rings (SSSR count). The Hall–Kier alpha value is -3.16. The summed E-state index contributed by atoms with van der Waals surface area (Å²) in [6.07, 6.45) is 0. The van der Waals surface area contributed by atoms with Gasteiger partial charge in [-0.05, 0) is 31.5 Å². The van der Waals surface area contributed by atoms with Crippen LogP contribution in [0.1, 0.15) is 43.8 Å². The first-order valence-electron chi connectivity index (χ1n) is 7.33. The Morgan fingerprint density at radius 3 is 2.67 bits per heavy atom. The Balaban J connectivity index is 2.18. The summed E-state index contributed by atoms with van der Waals surface area (Å²) in [5.41, 5.74) is 1.72. The van der Waals surface area contributed by atoms with Gasteiger partial charge >= 0.3 is 5.97 Å². The fourth-order valence-electron chi connectivity index (χ4n) is 2.09. The van der Waals surface area contributed by atoms with E-state index in [1.54, 1.807) is 32.0 Å². The van der Waals surface area contributed by atoms with Crippen LogP contribution >= 0.6 is 0 Å². The Kier molecular flexibility index (Phi) is 5.31. The van der Waals surface area contributed by atoms with Gasteiger partial charge in [0.15, 0.2) is 5.69 Å². The van der Waals surface area contributed by atoms with Gasteiger partial charge in [-0.15, -0.1) is 0 Å². The van der Waals surface area contributed by atoms with Crippen LogP contribution in [0.4, 0.5) is 5.69 Å². The summed E-state index contributed by atoms with van der Waals surface area (Å²) in [7, 11) is 1.54. The minimum Gasteiger partial charge on any atom is -0.461 e. The highest BCUT2D eigenvalue weighted by molar-refractivity contribution is 6.05. The smallest absolute Gasteiger partial charge is 0.356 e. The maximum absolute atomic E-state index is 12.3. The lowest BCUT2D eigenvalue weighted by Crippen LogP contribution is -2.20. The van der Waals surface area contributed by atoms with Crippen LogP contribution in [0.3, 0.4) is 0 Å². The van der Waals surface area contributed by atoms with E-state index < -0.39 is 11.9 Å². The highest BCUT2D eigenvalue weighted by Gasteiger charge is 2.17. The standard InChI is InChI=1S/C16H18N4O4/c1-4-24-16(23)13-8-12(19-20-13)15(22)18-11-7-5-6-10(9(11)2)14(21)17-3/h5-8H,4H2,1-3H3,(H,17,21)(H,18,22)(H,19,20). The van der Waals surface area contributed by atoms with Crippen molar-refractivity contribution >= 4 is 23.5 Å². The van der Waals surface area contributed by atoms with E-state index in [9.17, 15) is 14.4 Å². The zero-order valence-electron chi connectivity index (χ0n) is 13.6. The number of anilines is 1. The van der Waals surface area contributed by atoms with E-state index in [4.69, 9.17) is 4.74 Å². The number of ether oxygens (including phenoxy) is 1. The molecule has 1 heterocycles. The quantitative estimate of drug-likeness (QED) is 0.719. The monoisotopic (exact) mass is 330 g/mol. The molecule has 2 amide bonds. The molecule has 0 aliphatic rings. The third-order valence-corrected chi connectivity index (χ3v) is 3.36. The van der Waals surface area contributed by atoms with Crippen molar-refractivity contribution in [1.82, 2.24) is 15.5 Å². The number of aromatic nitrogens is 2. The summed E-state index contributed by atoms with van der Waals surface area (Å²) < 4.78 is 4.83. The van der Waals surface area contributed by atoms with Crippen LogP contribution in [-0.2, 0) is 4.74 Å². The van der Waals surface area contributed by atoms with Crippen LogP contribution in [0.15, 0.2) is 24.3 Å². The maximum Gasteiger partial charge on any atom is 0.356 e. The van der Waals surface area contributed by atoms with Gasteiger partial charge in [-0.1, -0.05) is 6.07 Å². The molecule has 0 saturated heterocycles. The lowest BCUT2D eigenvalue weighted by Gasteiger charge is -2.10. The van der Waals surface area contributed by atoms with Crippen molar-refractivity contribution in [3.63, 3.8) is 0 Å². The van der Waals surface area contributed by atoms with Crippen molar-refractivity contribution in [3.05, 3.63) is 46.8 Å². The topological polar surface area (TPSA) is 113 Å². The number of benzene rings is 1. The number of aromatic amines is 1. The number of hydrogen-bond donors (Lipinski definition) is 3. The number of amides is 2. The number of H-pyrrole nitrogens is 1. The van der Waals surface area contributed by atoms with Crippen LogP contribution in [0, 0.1) is 6.92 Å². The number of carbonyl (C=O) groups is 3. The first kappa shape index (κ1) is 17.2. The van der Waals surface area contributed by atoms with Crippen LogP contribution in [-0.4, -0.2) is 41.6 Å². The van der Waals surface area contributed by atoms with Gasteiger partial charge in [0.05, 0.1) is 6.61 Å². The summed E-state index contributed by atoms with van der Waals surface area (Å²) in [5, 5.41) is 11.5. The highest BCUT2D eigenvalue weighted by atomic mass is 16.5. The Labute approximate surface area is 138 Å². The number of carbonyl (C=O) groups excluding carboxylic acids is 3. The van der Waals surface area contributed by atoms with Gasteiger partial charge in [-0.2, -0.15) is 5.10 Å². The van der Waals surface area contributed by atoms with Crippen molar-refractivity contribution in [2.45, 2.75) is 13.8 Å². The normalized spacial score (nSPS) is 10.1. The van der Waals surface area contributed by atoms with Crippen LogP contribution in [0.25, 0.3) is 0 Å². The molecule has 0 atom stereocenters. The molecular weight excluding hydrogens is 312 g/mol. The zero-order chi connectivity index (χ0) is 17.7. The molecule has 2 aromatic rings. The average molecular weight is 330 g/mol. The van der Waals surface area contributed by atoms with E-state index in [1.165, 1.54) is 13.1 Å². The van der Waals surface area contributed by atoms with Crippen LogP contribution in [0.5, 0.6) is 0 Å². The van der Waals surface area contributed by atoms with Crippen LogP contribution < -0.4 is 10.6 Å². The predicted octanol–water partition coefficient (Wildman–Crippen LogP) is 1.51. The highest BCUT2D eigenvalue weighted by Crippen LogP contribution is 2.19. The van der Waals surface area contributed by atoms with E-state index in [0.717, 1.165) is 0 Å². The molecule has 8 nitrogen and oxygen atoms in total. The molecule has 1 aromatic carbocycles. The van der Waals surface area contributed by atoms with Gasteiger partial charge in [0.25, 0.3) is 11.8 Å². The molecule has 126 valence electrons. The van der Waals surface area contributed by atoms with Crippen molar-refractivity contribution < 1.29 is 19.1 Å². The van der Waals surface area contributed by atoms with E-state index in [-0.39, 0.29) is 23.9 Å². The SMILES string of the molecule is CCOC(=O)c1cc(C(=O)Nc2cccc(C(=O)NC)c2C)n[nH]1. The van der Waals surface area contributed by atoms with Gasteiger partial charge in [-0.25, -0.2) is 4.79 Å². The summed E-state index contributed by atoms with van der Waals surface area (Å²) >= 11 is 0. The minimum atomic E-state index is -0.582. The number of nitrogens with zero attached hydrogens (tertiary/aromatic N) is 1. The summed E-state index contributed by atoms with van der Waals surface area (Å²) in [6.45, 7) is 3.64. The molecule has 24 heavy (non-hydrogen) atoms. The van der Waals surface area contributed by atoms with E-state index in [2.05, 4.69) is 20.8 Å². The molecular formula is C16H18N4O4. The van der Waals surface area contributed by atoms with Gasteiger partial charge in [-0.3, -0.25) is 14.7 Å². The van der Waals surface area contributed by atoms with Crippen molar-refractivity contribution in [3.8, 4) is 0 Å². The second kappa shape index (κ2) is 7.40.